The highest BCUT2D eigenvalue weighted by atomic mass is 15.2. The van der Waals surface area contributed by atoms with Crippen LogP contribution in [0.5, 0.6) is 0 Å². The lowest BCUT2D eigenvalue weighted by Crippen LogP contribution is -2.32. The summed E-state index contributed by atoms with van der Waals surface area (Å²) in [7, 11) is 2.06. The third kappa shape index (κ3) is 2.25. The molecule has 3 rings (SSSR count). The zero-order valence-electron chi connectivity index (χ0n) is 11.0. The lowest BCUT2D eigenvalue weighted by atomic mass is 10.0. The second-order valence-corrected chi connectivity index (χ2v) is 4.81. The Kier molecular flexibility index (Phi) is 3.05. The highest BCUT2D eigenvalue weighted by Gasteiger charge is 2.20. The maximum atomic E-state index is 6.10. The van der Waals surface area contributed by atoms with Gasteiger partial charge in [0.25, 0.3) is 0 Å². The van der Waals surface area contributed by atoms with Crippen LogP contribution < -0.4 is 10.6 Å². The van der Waals surface area contributed by atoms with Gasteiger partial charge in [0, 0.05) is 23.9 Å². The summed E-state index contributed by atoms with van der Waals surface area (Å²) in [6.45, 7) is 0.730. The van der Waals surface area contributed by atoms with E-state index >= 15 is 0 Å². The number of fused-ring (bicyclic) bond motifs is 1. The molecule has 0 aliphatic carbocycles. The molecular weight excluding hydrogens is 234 g/mol. The van der Waals surface area contributed by atoms with Crippen molar-refractivity contribution < 1.29 is 0 Å². The van der Waals surface area contributed by atoms with E-state index in [4.69, 9.17) is 10.7 Å². The number of benzene rings is 2. The molecule has 1 atom stereocenters. The number of likely N-dealkylation sites (N-methyl/N-ethyl adjacent to an activating group) is 1. The van der Waals surface area contributed by atoms with E-state index in [1.165, 1.54) is 5.69 Å². The average Bonchev–Trinajstić information content (AvgIpc) is 2.57. The van der Waals surface area contributed by atoms with Crippen LogP contribution in [0.3, 0.4) is 0 Å². The summed E-state index contributed by atoms with van der Waals surface area (Å²) in [4.78, 5) is 6.86. The molecule has 1 aliphatic heterocycles. The van der Waals surface area contributed by atoms with Gasteiger partial charge in [0.1, 0.15) is 6.17 Å². The van der Waals surface area contributed by atoms with Crippen LogP contribution in [0.1, 0.15) is 11.1 Å². The molecular formula is C16H17N3. The van der Waals surface area contributed by atoms with E-state index < -0.39 is 0 Å². The molecule has 0 saturated carbocycles. The molecule has 3 nitrogen and oxygen atoms in total. The lowest BCUT2D eigenvalue weighted by molar-refractivity contribution is 0.697. The van der Waals surface area contributed by atoms with Crippen LogP contribution in [-0.2, 0) is 0 Å². The standard InChI is InChI=1S/C16H17N3/c1-19-11-15(17)18-16(12-7-3-2-4-8-12)13-9-5-6-10-14(13)19/h2-10,15H,11,17H2,1H3/t15-/m1/s1. The SMILES string of the molecule is CN1C[C@H](N)N=C(c2ccccc2)c2ccccc21. The Bertz CT molecular complexity index is 604. The van der Waals surface area contributed by atoms with Gasteiger partial charge in [-0.25, -0.2) is 0 Å². The maximum Gasteiger partial charge on any atom is 0.115 e. The van der Waals surface area contributed by atoms with Gasteiger partial charge in [-0.15, -0.1) is 0 Å². The topological polar surface area (TPSA) is 41.6 Å². The number of benzodiazepines with no additional fused rings is 1. The number of para-hydroxylation sites is 1. The Labute approximate surface area is 113 Å². The molecule has 1 heterocycles. The molecule has 96 valence electrons. The predicted octanol–water partition coefficient (Wildman–Crippen LogP) is 2.26. The summed E-state index contributed by atoms with van der Waals surface area (Å²) in [6.07, 6.45) is -0.201. The first-order valence-electron chi connectivity index (χ1n) is 6.45. The lowest BCUT2D eigenvalue weighted by Gasteiger charge is -2.20. The van der Waals surface area contributed by atoms with Crippen molar-refractivity contribution in [3.63, 3.8) is 0 Å². The fourth-order valence-corrected chi connectivity index (χ4v) is 2.49. The molecule has 0 saturated heterocycles. The van der Waals surface area contributed by atoms with Gasteiger partial charge >= 0.3 is 0 Å². The summed E-state index contributed by atoms with van der Waals surface area (Å²) >= 11 is 0. The van der Waals surface area contributed by atoms with Crippen LogP contribution in [0.15, 0.2) is 59.6 Å². The molecule has 0 fully saturated rings. The van der Waals surface area contributed by atoms with E-state index in [9.17, 15) is 0 Å². The molecule has 3 heteroatoms. The van der Waals surface area contributed by atoms with E-state index in [-0.39, 0.29) is 6.17 Å². The van der Waals surface area contributed by atoms with Crippen molar-refractivity contribution in [1.29, 1.82) is 0 Å². The molecule has 0 amide bonds. The van der Waals surface area contributed by atoms with Gasteiger partial charge in [0.15, 0.2) is 0 Å². The van der Waals surface area contributed by atoms with Crippen molar-refractivity contribution in [2.24, 2.45) is 10.7 Å². The Morgan fingerprint density at radius 3 is 2.53 bits per heavy atom. The first kappa shape index (κ1) is 11.9. The number of nitrogens with two attached hydrogens (primary N) is 1. The summed E-state index contributed by atoms with van der Waals surface area (Å²) < 4.78 is 0. The van der Waals surface area contributed by atoms with Crippen LogP contribution in [0.2, 0.25) is 0 Å². The van der Waals surface area contributed by atoms with Gasteiger partial charge in [-0.1, -0.05) is 48.5 Å². The second kappa shape index (κ2) is 4.86. The molecule has 2 aromatic carbocycles. The van der Waals surface area contributed by atoms with E-state index in [1.807, 2.05) is 24.3 Å². The molecule has 19 heavy (non-hydrogen) atoms. The minimum atomic E-state index is -0.201. The minimum absolute atomic E-state index is 0.201. The van der Waals surface area contributed by atoms with Crippen molar-refractivity contribution >= 4 is 11.4 Å². The van der Waals surface area contributed by atoms with Crippen LogP contribution in [0, 0.1) is 0 Å². The first-order valence-corrected chi connectivity index (χ1v) is 6.45. The number of hydrogen-bond donors (Lipinski definition) is 1. The maximum absolute atomic E-state index is 6.10. The molecule has 0 spiro atoms. The zero-order chi connectivity index (χ0) is 13.2. The molecule has 2 aromatic rings. The summed E-state index contributed by atoms with van der Waals surface area (Å²) in [5, 5.41) is 0. The van der Waals surface area contributed by atoms with Crippen molar-refractivity contribution in [3.05, 3.63) is 65.7 Å². The first-order chi connectivity index (χ1) is 9.25. The van der Waals surface area contributed by atoms with Crippen molar-refractivity contribution in [3.8, 4) is 0 Å². The molecule has 2 N–H and O–H groups in total. The summed E-state index contributed by atoms with van der Waals surface area (Å²) in [6, 6.07) is 18.5. The average molecular weight is 251 g/mol. The number of hydrogen-bond acceptors (Lipinski definition) is 3. The van der Waals surface area contributed by atoms with Crippen molar-refractivity contribution in [2.45, 2.75) is 6.17 Å². The van der Waals surface area contributed by atoms with Gasteiger partial charge in [-0.2, -0.15) is 0 Å². The smallest absolute Gasteiger partial charge is 0.115 e. The Morgan fingerprint density at radius 1 is 1.05 bits per heavy atom. The number of rotatable bonds is 1. The monoisotopic (exact) mass is 251 g/mol. The normalized spacial score (nSPS) is 18.5. The highest BCUT2D eigenvalue weighted by molar-refractivity contribution is 6.16. The van der Waals surface area contributed by atoms with Crippen LogP contribution in [0.25, 0.3) is 0 Å². The molecule has 0 bridgehead atoms. The van der Waals surface area contributed by atoms with Gasteiger partial charge in [-0.3, -0.25) is 4.99 Å². The van der Waals surface area contributed by atoms with Gasteiger partial charge in [-0.05, 0) is 6.07 Å². The Morgan fingerprint density at radius 2 is 1.74 bits per heavy atom. The predicted molar refractivity (Wildman–Crippen MR) is 79.8 cm³/mol. The van der Waals surface area contributed by atoms with Gasteiger partial charge in [0.05, 0.1) is 12.3 Å². The number of aliphatic imine (C=N–C) groups is 1. The van der Waals surface area contributed by atoms with Gasteiger partial charge < -0.3 is 10.6 Å². The van der Waals surface area contributed by atoms with Crippen molar-refractivity contribution in [2.75, 3.05) is 18.5 Å². The van der Waals surface area contributed by atoms with Crippen LogP contribution in [0.4, 0.5) is 5.69 Å². The molecule has 0 aromatic heterocycles. The molecule has 1 aliphatic rings. The molecule has 0 radical (unpaired) electrons. The minimum Gasteiger partial charge on any atom is -0.371 e. The van der Waals surface area contributed by atoms with Crippen molar-refractivity contribution in [1.82, 2.24) is 0 Å². The fraction of sp³-hybridized carbons (Fsp3) is 0.188. The summed E-state index contributed by atoms with van der Waals surface area (Å²) in [5.41, 5.74) is 10.5. The third-order valence-corrected chi connectivity index (χ3v) is 3.37. The second-order valence-electron chi connectivity index (χ2n) is 4.81. The number of nitrogens with zero attached hydrogens (tertiary/aromatic N) is 2. The number of anilines is 1. The van der Waals surface area contributed by atoms with E-state index in [0.29, 0.717) is 0 Å². The molecule has 0 unspecified atom stereocenters. The van der Waals surface area contributed by atoms with Crippen LogP contribution >= 0.6 is 0 Å². The fourth-order valence-electron chi connectivity index (χ4n) is 2.49. The Hall–Kier alpha value is -2.13. The van der Waals surface area contributed by atoms with Crippen LogP contribution in [-0.4, -0.2) is 25.5 Å². The van der Waals surface area contributed by atoms with E-state index in [2.05, 4.69) is 42.3 Å². The van der Waals surface area contributed by atoms with E-state index in [1.54, 1.807) is 0 Å². The van der Waals surface area contributed by atoms with E-state index in [0.717, 1.165) is 23.4 Å². The largest absolute Gasteiger partial charge is 0.371 e. The summed E-state index contributed by atoms with van der Waals surface area (Å²) in [5.74, 6) is 0. The zero-order valence-corrected chi connectivity index (χ0v) is 11.0. The highest BCUT2D eigenvalue weighted by Crippen LogP contribution is 2.25. The quantitative estimate of drug-likeness (QED) is 0.844. The van der Waals surface area contributed by atoms with Gasteiger partial charge in [0.2, 0.25) is 0 Å². The Balaban J connectivity index is 2.19. The third-order valence-electron chi connectivity index (χ3n) is 3.37.